The molecule has 0 aliphatic heterocycles. The Morgan fingerprint density at radius 2 is 0.938 bits per heavy atom. The number of hydrogen-bond acceptors (Lipinski definition) is 2. The fraction of sp³-hybridized carbons (Fsp3) is 0. The molecule has 2 aromatic heterocycles. The first kappa shape index (κ1) is 17.0. The predicted molar refractivity (Wildman–Crippen MR) is 200 cm³/mol. The SMILES string of the molecule is [2H]c1c([2H])c([2H])c(-c2c3c([2H])c([2H])c([2H])c([2H])c3c(-c3cccc4oc5cc6c(-c7ccccc7)c(-c7ccccc7)oc6cc5c34)c3c([2H])c([2H])c([2H])c([2H])c23)c([2H])c1[2H]. The molecule has 0 saturated carbocycles. The average molecular weight is 626 g/mol. The van der Waals surface area contributed by atoms with Gasteiger partial charge in [-0.25, -0.2) is 0 Å². The van der Waals surface area contributed by atoms with Crippen LogP contribution < -0.4 is 0 Å². The highest BCUT2D eigenvalue weighted by Crippen LogP contribution is 2.48. The first-order chi connectivity index (χ1) is 29.2. The Hall–Kier alpha value is -6.38. The van der Waals surface area contributed by atoms with E-state index in [0.717, 1.165) is 22.1 Å². The maximum atomic E-state index is 9.41. The Kier molecular flexibility index (Phi) is 3.74. The monoisotopic (exact) mass is 625 g/mol. The van der Waals surface area contributed by atoms with Crippen molar-refractivity contribution in [2.24, 2.45) is 0 Å². The minimum Gasteiger partial charge on any atom is -0.456 e. The smallest absolute Gasteiger partial charge is 0.143 e. The molecular weight excluding hydrogens is 585 g/mol. The molecule has 0 atom stereocenters. The van der Waals surface area contributed by atoms with Gasteiger partial charge in [-0.15, -0.1) is 0 Å². The molecule has 2 heterocycles. The Balaban J connectivity index is 1.42. The van der Waals surface area contributed by atoms with E-state index in [4.69, 9.17) is 21.2 Å². The van der Waals surface area contributed by atoms with Crippen molar-refractivity contribution in [3.63, 3.8) is 0 Å². The molecular formula is C46H28O2. The molecule has 224 valence electrons. The third-order valence-corrected chi connectivity index (χ3v) is 8.80. The minimum absolute atomic E-state index is 0.0166. The molecule has 0 spiro atoms. The molecule has 10 aromatic rings. The van der Waals surface area contributed by atoms with Gasteiger partial charge in [0.25, 0.3) is 0 Å². The molecule has 0 aliphatic rings. The lowest BCUT2D eigenvalue weighted by molar-refractivity contribution is 0.632. The van der Waals surface area contributed by atoms with E-state index in [1.165, 1.54) is 0 Å². The number of rotatable bonds is 4. The van der Waals surface area contributed by atoms with Crippen LogP contribution in [0.5, 0.6) is 0 Å². The zero-order chi connectivity index (χ0) is 42.9. The van der Waals surface area contributed by atoms with Gasteiger partial charge in [0.15, 0.2) is 0 Å². The molecule has 0 N–H and O–H groups in total. The number of fused-ring (bicyclic) bond motifs is 6. The molecule has 0 fully saturated rings. The Morgan fingerprint density at radius 3 is 1.60 bits per heavy atom. The Morgan fingerprint density at radius 1 is 0.375 bits per heavy atom. The summed E-state index contributed by atoms with van der Waals surface area (Å²) in [6.07, 6.45) is 0. The zero-order valence-corrected chi connectivity index (χ0v) is 25.0. The molecule has 10 rings (SSSR count). The first-order valence-corrected chi connectivity index (χ1v) is 15.3. The van der Waals surface area contributed by atoms with Gasteiger partial charge in [-0.05, 0) is 67.6 Å². The zero-order valence-electron chi connectivity index (χ0n) is 38.0. The summed E-state index contributed by atoms with van der Waals surface area (Å²) in [7, 11) is 0. The molecule has 48 heavy (non-hydrogen) atoms. The van der Waals surface area contributed by atoms with Crippen LogP contribution in [0.2, 0.25) is 0 Å². The molecule has 0 unspecified atom stereocenters. The minimum atomic E-state index is -0.729. The lowest BCUT2D eigenvalue weighted by atomic mass is 9.85. The highest BCUT2D eigenvalue weighted by molar-refractivity contribution is 6.26. The molecule has 8 aromatic carbocycles. The lowest BCUT2D eigenvalue weighted by Crippen LogP contribution is -1.91. The number of benzene rings is 8. The van der Waals surface area contributed by atoms with Crippen LogP contribution in [-0.2, 0) is 0 Å². The second kappa shape index (κ2) is 10.6. The van der Waals surface area contributed by atoms with E-state index in [2.05, 4.69) is 0 Å². The third-order valence-electron chi connectivity index (χ3n) is 8.80. The Bertz CT molecular complexity index is 3450. The van der Waals surface area contributed by atoms with Crippen molar-refractivity contribution in [1.29, 1.82) is 0 Å². The molecule has 0 saturated heterocycles. The molecule has 0 radical (unpaired) electrons. The normalized spacial score (nSPS) is 15.5. The maximum absolute atomic E-state index is 9.41. The van der Waals surface area contributed by atoms with Crippen LogP contribution in [0.15, 0.2) is 178 Å². The van der Waals surface area contributed by atoms with Crippen molar-refractivity contribution in [1.82, 2.24) is 0 Å². The predicted octanol–water partition coefficient (Wildman–Crippen LogP) is 13.3. The van der Waals surface area contributed by atoms with Crippen LogP contribution in [-0.4, -0.2) is 0 Å². The van der Waals surface area contributed by atoms with Crippen LogP contribution in [0.1, 0.15) is 17.8 Å². The summed E-state index contributed by atoms with van der Waals surface area (Å²) in [5.41, 5.74) is 3.43. The second-order valence-corrected chi connectivity index (χ2v) is 11.4. The van der Waals surface area contributed by atoms with Gasteiger partial charge in [0.05, 0.1) is 17.8 Å². The number of furan rings is 2. The van der Waals surface area contributed by atoms with Gasteiger partial charge < -0.3 is 8.83 Å². The molecule has 2 heteroatoms. The highest BCUT2D eigenvalue weighted by atomic mass is 16.3. The lowest BCUT2D eigenvalue weighted by Gasteiger charge is -2.18. The average Bonchev–Trinajstić information content (AvgIpc) is 3.84. The van der Waals surface area contributed by atoms with E-state index in [1.54, 1.807) is 18.2 Å². The van der Waals surface area contributed by atoms with Crippen LogP contribution in [0.4, 0.5) is 0 Å². The van der Waals surface area contributed by atoms with E-state index in [-0.39, 0.29) is 32.7 Å². The summed E-state index contributed by atoms with van der Waals surface area (Å²) in [6.45, 7) is 0. The summed E-state index contributed by atoms with van der Waals surface area (Å²) in [4.78, 5) is 0. The first-order valence-electron chi connectivity index (χ1n) is 21.8. The van der Waals surface area contributed by atoms with Crippen LogP contribution >= 0.6 is 0 Å². The van der Waals surface area contributed by atoms with Crippen LogP contribution in [0.3, 0.4) is 0 Å². The summed E-state index contributed by atoms with van der Waals surface area (Å²) in [5, 5.41) is 0.846. The summed E-state index contributed by atoms with van der Waals surface area (Å²) >= 11 is 0. The third kappa shape index (κ3) is 4.00. The van der Waals surface area contributed by atoms with E-state index in [1.807, 2.05) is 72.8 Å². The van der Waals surface area contributed by atoms with Gasteiger partial charge in [0.2, 0.25) is 0 Å². The number of hydrogen-bond donors (Lipinski definition) is 0. The molecule has 0 aliphatic carbocycles. The maximum Gasteiger partial charge on any atom is 0.143 e. The van der Waals surface area contributed by atoms with Crippen molar-refractivity contribution < 1.29 is 26.7 Å². The molecule has 2 nitrogen and oxygen atoms in total. The van der Waals surface area contributed by atoms with Gasteiger partial charge in [-0.2, -0.15) is 0 Å². The van der Waals surface area contributed by atoms with Crippen LogP contribution in [0.25, 0.3) is 99.2 Å². The van der Waals surface area contributed by atoms with Crippen molar-refractivity contribution in [2.75, 3.05) is 0 Å². The van der Waals surface area contributed by atoms with Crippen molar-refractivity contribution in [2.45, 2.75) is 0 Å². The van der Waals surface area contributed by atoms with E-state index < -0.39 is 84.1 Å². The quantitative estimate of drug-likeness (QED) is 0.182. The second-order valence-electron chi connectivity index (χ2n) is 11.4. The van der Waals surface area contributed by atoms with Crippen molar-refractivity contribution in [3.05, 3.63) is 170 Å². The molecule has 0 amide bonds. The van der Waals surface area contributed by atoms with Gasteiger partial charge in [-0.3, -0.25) is 0 Å². The molecule has 0 bridgehead atoms. The van der Waals surface area contributed by atoms with Crippen molar-refractivity contribution >= 4 is 54.5 Å². The highest BCUT2D eigenvalue weighted by Gasteiger charge is 2.23. The Labute approximate surface area is 295 Å². The van der Waals surface area contributed by atoms with Gasteiger partial charge in [0.1, 0.15) is 22.5 Å². The summed E-state index contributed by atoms with van der Waals surface area (Å²) < 4.78 is 129. The largest absolute Gasteiger partial charge is 0.456 e. The van der Waals surface area contributed by atoms with E-state index in [0.29, 0.717) is 38.8 Å². The van der Waals surface area contributed by atoms with Gasteiger partial charge >= 0.3 is 0 Å². The van der Waals surface area contributed by atoms with Gasteiger partial charge in [0, 0.05) is 27.3 Å². The van der Waals surface area contributed by atoms with Gasteiger partial charge in [-0.1, -0.05) is 151 Å². The van der Waals surface area contributed by atoms with E-state index >= 15 is 0 Å². The fourth-order valence-corrected chi connectivity index (χ4v) is 6.83. The standard InChI is InChI=1S/C46H28O2/c1-4-15-29(16-5-1)42-32-21-10-12-23-34(32)44(35-24-13-11-22-33(35)42)36-25-14-26-39-45(36)38-28-41-37(27-40(38)47-39)43(30-17-6-2-7-18-30)46(48-41)31-19-8-3-9-20-31/h1-28H/i1D,4D,5D,10D,11D,12D,13D,15D,16D,21D,22D,23D,24D. The van der Waals surface area contributed by atoms with E-state index in [9.17, 15) is 5.48 Å². The fourth-order valence-electron chi connectivity index (χ4n) is 6.83. The van der Waals surface area contributed by atoms with Crippen LogP contribution in [0, 0.1) is 0 Å². The summed E-state index contributed by atoms with van der Waals surface area (Å²) in [6, 6.07) is 19.6. The van der Waals surface area contributed by atoms with Crippen molar-refractivity contribution in [3.8, 4) is 44.7 Å². The summed E-state index contributed by atoms with van der Waals surface area (Å²) in [5.74, 6) is 0.631. The topological polar surface area (TPSA) is 26.3 Å².